The van der Waals surface area contributed by atoms with Crippen LogP contribution < -0.4 is 5.32 Å². The van der Waals surface area contributed by atoms with Crippen LogP contribution in [0.3, 0.4) is 0 Å². The van der Waals surface area contributed by atoms with Crippen molar-refractivity contribution in [2.75, 3.05) is 26.7 Å². The fraction of sp³-hybridized carbons (Fsp3) is 0.636. The largest absolute Gasteiger partial charge is 0.468 e. The topological polar surface area (TPSA) is 28.4 Å². The summed E-state index contributed by atoms with van der Waals surface area (Å²) in [4.78, 5) is 1.60. The Morgan fingerprint density at radius 3 is 2.81 bits per heavy atom. The number of rotatable bonds is 7. The van der Waals surface area contributed by atoms with E-state index in [1.54, 1.807) is 18.2 Å². The van der Waals surface area contributed by atoms with E-state index < -0.39 is 6.43 Å². The van der Waals surface area contributed by atoms with Gasteiger partial charge in [0.15, 0.2) is 0 Å². The van der Waals surface area contributed by atoms with Crippen LogP contribution in [0.25, 0.3) is 0 Å². The highest BCUT2D eigenvalue weighted by atomic mass is 19.3. The van der Waals surface area contributed by atoms with Crippen LogP contribution in [0.1, 0.15) is 18.7 Å². The molecular weight excluding hydrogens is 214 g/mol. The number of likely N-dealkylation sites (N-methyl/N-ethyl adjacent to an activating group) is 1. The first kappa shape index (κ1) is 13.1. The molecule has 1 aromatic heterocycles. The highest BCUT2D eigenvalue weighted by Crippen LogP contribution is 2.11. The number of hydrogen-bond acceptors (Lipinski definition) is 3. The third-order valence-electron chi connectivity index (χ3n) is 2.36. The molecule has 0 aliphatic carbocycles. The van der Waals surface area contributed by atoms with Crippen LogP contribution in [0.5, 0.6) is 0 Å². The van der Waals surface area contributed by atoms with E-state index in [1.807, 2.05) is 19.1 Å². The Labute approximate surface area is 94.4 Å². The van der Waals surface area contributed by atoms with Gasteiger partial charge in [0.2, 0.25) is 0 Å². The van der Waals surface area contributed by atoms with E-state index in [9.17, 15) is 8.78 Å². The fourth-order valence-corrected chi connectivity index (χ4v) is 1.44. The maximum absolute atomic E-state index is 12.0. The van der Waals surface area contributed by atoms with Gasteiger partial charge in [-0.2, -0.15) is 0 Å². The maximum Gasteiger partial charge on any atom is 0.251 e. The molecular formula is C11H18F2N2O. The molecule has 1 aromatic rings. The predicted octanol–water partition coefficient (Wildman–Crippen LogP) is 2.13. The minimum atomic E-state index is -2.27. The zero-order valence-corrected chi connectivity index (χ0v) is 9.62. The molecule has 0 fully saturated rings. The van der Waals surface area contributed by atoms with Crippen LogP contribution in [0, 0.1) is 0 Å². The molecule has 1 unspecified atom stereocenters. The van der Waals surface area contributed by atoms with Crippen molar-refractivity contribution in [3.05, 3.63) is 24.2 Å². The van der Waals surface area contributed by atoms with Gasteiger partial charge in [-0.15, -0.1) is 0 Å². The molecule has 16 heavy (non-hydrogen) atoms. The van der Waals surface area contributed by atoms with Crippen molar-refractivity contribution in [1.82, 2.24) is 10.2 Å². The van der Waals surface area contributed by atoms with E-state index in [0.29, 0.717) is 13.1 Å². The molecule has 0 amide bonds. The Morgan fingerprint density at radius 1 is 1.50 bits per heavy atom. The first-order chi connectivity index (χ1) is 7.59. The summed E-state index contributed by atoms with van der Waals surface area (Å²) in [5.74, 6) is 0.858. The van der Waals surface area contributed by atoms with E-state index in [-0.39, 0.29) is 12.6 Å². The second-order valence-electron chi connectivity index (χ2n) is 3.84. The standard InChI is InChI=1S/C11H18F2N2O/c1-9(10-4-3-7-16-10)14-5-6-15(2)8-11(12)13/h3-4,7,9,11,14H,5-6,8H2,1-2H3. The predicted molar refractivity (Wildman–Crippen MR) is 58.6 cm³/mol. The second kappa shape index (κ2) is 6.60. The number of halogens is 2. The summed E-state index contributed by atoms with van der Waals surface area (Å²) >= 11 is 0. The maximum atomic E-state index is 12.0. The Kier molecular flexibility index (Phi) is 5.42. The summed E-state index contributed by atoms with van der Waals surface area (Å²) in [6, 6.07) is 3.83. The minimum Gasteiger partial charge on any atom is -0.468 e. The van der Waals surface area contributed by atoms with Gasteiger partial charge in [0.1, 0.15) is 5.76 Å². The molecule has 3 nitrogen and oxygen atoms in total. The van der Waals surface area contributed by atoms with Crippen LogP contribution in [0.2, 0.25) is 0 Å². The van der Waals surface area contributed by atoms with Crippen LogP contribution in [0.4, 0.5) is 8.78 Å². The number of alkyl halides is 2. The monoisotopic (exact) mass is 232 g/mol. The summed E-state index contributed by atoms with van der Waals surface area (Å²) in [6.07, 6.45) is -0.649. The SMILES string of the molecule is CC(NCCN(C)CC(F)F)c1ccco1. The van der Waals surface area contributed by atoms with E-state index in [1.165, 1.54) is 0 Å². The van der Waals surface area contributed by atoms with Crippen molar-refractivity contribution >= 4 is 0 Å². The molecule has 0 aliphatic heterocycles. The summed E-state index contributed by atoms with van der Waals surface area (Å²) < 4.78 is 29.3. The van der Waals surface area contributed by atoms with Crippen molar-refractivity contribution in [3.8, 4) is 0 Å². The molecule has 1 N–H and O–H groups in total. The number of nitrogens with one attached hydrogen (secondary N) is 1. The van der Waals surface area contributed by atoms with Gasteiger partial charge in [-0.3, -0.25) is 4.90 Å². The third-order valence-corrected chi connectivity index (χ3v) is 2.36. The zero-order chi connectivity index (χ0) is 12.0. The van der Waals surface area contributed by atoms with E-state index >= 15 is 0 Å². The van der Waals surface area contributed by atoms with Crippen LogP contribution in [-0.2, 0) is 0 Å². The van der Waals surface area contributed by atoms with Gasteiger partial charge >= 0.3 is 0 Å². The van der Waals surface area contributed by atoms with Gasteiger partial charge in [-0.05, 0) is 26.1 Å². The molecule has 0 bridgehead atoms. The lowest BCUT2D eigenvalue weighted by atomic mass is 10.2. The summed E-state index contributed by atoms with van der Waals surface area (Å²) in [7, 11) is 1.69. The van der Waals surface area contributed by atoms with Crippen molar-refractivity contribution < 1.29 is 13.2 Å². The quantitative estimate of drug-likeness (QED) is 0.780. The van der Waals surface area contributed by atoms with Gasteiger partial charge in [0.25, 0.3) is 6.43 Å². The fourth-order valence-electron chi connectivity index (χ4n) is 1.44. The normalized spacial score (nSPS) is 13.6. The van der Waals surface area contributed by atoms with Gasteiger partial charge in [0.05, 0.1) is 18.8 Å². The summed E-state index contributed by atoms with van der Waals surface area (Å²) in [5, 5.41) is 3.21. The lowest BCUT2D eigenvalue weighted by Crippen LogP contribution is -2.33. The van der Waals surface area contributed by atoms with Crippen LogP contribution in [-0.4, -0.2) is 38.0 Å². The molecule has 0 aromatic carbocycles. The van der Waals surface area contributed by atoms with Crippen molar-refractivity contribution in [3.63, 3.8) is 0 Å². The average molecular weight is 232 g/mol. The Bertz CT molecular complexity index is 278. The summed E-state index contributed by atoms with van der Waals surface area (Å²) in [5.41, 5.74) is 0. The van der Waals surface area contributed by atoms with Gasteiger partial charge in [-0.25, -0.2) is 8.78 Å². The molecule has 1 heterocycles. The summed E-state index contributed by atoms with van der Waals surface area (Å²) in [6.45, 7) is 3.04. The first-order valence-electron chi connectivity index (χ1n) is 5.33. The Morgan fingerprint density at radius 2 is 2.25 bits per heavy atom. The van der Waals surface area contributed by atoms with Crippen molar-refractivity contribution in [2.24, 2.45) is 0 Å². The lowest BCUT2D eigenvalue weighted by Gasteiger charge is -2.18. The average Bonchev–Trinajstić information content (AvgIpc) is 2.68. The molecule has 5 heteroatoms. The minimum absolute atomic E-state index is 0.106. The number of nitrogens with zero attached hydrogens (tertiary/aromatic N) is 1. The second-order valence-corrected chi connectivity index (χ2v) is 3.84. The van der Waals surface area contributed by atoms with E-state index in [4.69, 9.17) is 4.42 Å². The van der Waals surface area contributed by atoms with Gasteiger partial charge in [-0.1, -0.05) is 0 Å². The molecule has 0 saturated carbocycles. The smallest absolute Gasteiger partial charge is 0.251 e. The zero-order valence-electron chi connectivity index (χ0n) is 9.62. The molecule has 1 rings (SSSR count). The van der Waals surface area contributed by atoms with Crippen molar-refractivity contribution in [2.45, 2.75) is 19.4 Å². The van der Waals surface area contributed by atoms with Gasteiger partial charge < -0.3 is 9.73 Å². The van der Waals surface area contributed by atoms with Crippen molar-refractivity contribution in [1.29, 1.82) is 0 Å². The highest BCUT2D eigenvalue weighted by Gasteiger charge is 2.09. The molecule has 92 valence electrons. The van der Waals surface area contributed by atoms with Crippen LogP contribution >= 0.6 is 0 Å². The molecule has 1 atom stereocenters. The molecule has 0 spiro atoms. The lowest BCUT2D eigenvalue weighted by molar-refractivity contribution is 0.100. The molecule has 0 radical (unpaired) electrons. The highest BCUT2D eigenvalue weighted by molar-refractivity contribution is 5.02. The first-order valence-corrected chi connectivity index (χ1v) is 5.33. The van der Waals surface area contributed by atoms with E-state index in [2.05, 4.69) is 5.32 Å². The van der Waals surface area contributed by atoms with E-state index in [0.717, 1.165) is 5.76 Å². The number of furan rings is 1. The number of hydrogen-bond donors (Lipinski definition) is 1. The van der Waals surface area contributed by atoms with Crippen LogP contribution in [0.15, 0.2) is 22.8 Å². The van der Waals surface area contributed by atoms with Gasteiger partial charge in [0, 0.05) is 13.1 Å². The third kappa shape index (κ3) is 4.72. The Balaban J connectivity index is 2.15. The Hall–Kier alpha value is -0.940. The molecule has 0 aliphatic rings. The molecule has 0 saturated heterocycles.